The number of carbonyl (C=O) groups excluding carboxylic acids is 4. The minimum Gasteiger partial charge on any atom is -0.453 e. The zero-order chi connectivity index (χ0) is 49.1. The molecule has 0 radical (unpaired) electrons. The molecule has 5 aliphatic rings. The van der Waals surface area contributed by atoms with Crippen LogP contribution < -0.4 is 10.6 Å². The van der Waals surface area contributed by atoms with E-state index in [1.807, 2.05) is 49.9 Å². The predicted octanol–water partition coefficient (Wildman–Crippen LogP) is 8.73. The van der Waals surface area contributed by atoms with E-state index in [0.717, 1.165) is 52.3 Å². The van der Waals surface area contributed by atoms with E-state index < -0.39 is 24.3 Å². The van der Waals surface area contributed by atoms with Crippen LogP contribution >= 0.6 is 0 Å². The molecule has 4 saturated heterocycles. The first-order valence-corrected chi connectivity index (χ1v) is 24.8. The van der Waals surface area contributed by atoms with Crippen LogP contribution in [0.15, 0.2) is 60.9 Å². The lowest BCUT2D eigenvalue weighted by atomic mass is 9.84. The van der Waals surface area contributed by atoms with Crippen molar-refractivity contribution in [3.05, 3.63) is 72.6 Å². The number of likely N-dealkylation sites (tertiary alicyclic amines) is 2. The first kappa shape index (κ1) is 48.3. The van der Waals surface area contributed by atoms with Crippen LogP contribution in [-0.4, -0.2) is 117 Å². The summed E-state index contributed by atoms with van der Waals surface area (Å²) in [6.45, 7) is 16.7. The largest absolute Gasteiger partial charge is 0.453 e. The highest BCUT2D eigenvalue weighted by molar-refractivity contribution is 5.88. The zero-order valence-electron chi connectivity index (χ0n) is 41.7. The van der Waals surface area contributed by atoms with Gasteiger partial charge in [-0.1, -0.05) is 69.3 Å². The van der Waals surface area contributed by atoms with E-state index in [9.17, 15) is 19.2 Å². The van der Waals surface area contributed by atoms with Gasteiger partial charge in [0.1, 0.15) is 23.7 Å². The predicted molar refractivity (Wildman–Crippen MR) is 259 cm³/mol. The van der Waals surface area contributed by atoms with Crippen LogP contribution in [0.1, 0.15) is 124 Å². The fourth-order valence-corrected chi connectivity index (χ4v) is 12.2. The number of piperidine rings is 1. The third kappa shape index (κ3) is 9.63. The number of aromatic amines is 2. The number of H-pyrrole nitrogens is 2. The second-order valence-corrected chi connectivity index (χ2v) is 21.7. The van der Waals surface area contributed by atoms with Gasteiger partial charge in [-0.05, 0) is 113 Å². The summed E-state index contributed by atoms with van der Waals surface area (Å²) in [6, 6.07) is 14.5. The Morgan fingerprint density at radius 2 is 1.00 bits per heavy atom. The average Bonchev–Trinajstić information content (AvgIpc) is 3.82. The van der Waals surface area contributed by atoms with Crippen molar-refractivity contribution in [3.63, 3.8) is 0 Å². The number of hydrogen-bond acceptors (Lipinski definition) is 10. The molecule has 16 heteroatoms. The van der Waals surface area contributed by atoms with Crippen molar-refractivity contribution in [2.75, 3.05) is 14.2 Å². The standard InChI is InChI=1S/C53H70N8O8/c1-28-19-37(20-29(2)68-28)44(58-50(64)66-9)48(62)60-32(5)52(6,7)23-41(60)46-54-26-39(56-46)35-15-11-33(12-16-35)34-13-17-36(18-14-34)40-27-55-47(57-40)42-24-53(8)25-43(53)61(42)49(63)45(59-51(65)67-10)38-21-30(3)69-31(4)22-38/h11-18,26-32,37-38,41-45H,19-25H2,1-10H3,(H,54,56)(H,55,57)(H,58,64)(H,59,65)/t28-,29-,30-,31-,32-,41+,42+,43-,44+,45+,53+/m1/s1. The lowest BCUT2D eigenvalue weighted by Crippen LogP contribution is -2.56. The molecular formula is C53H70N8O8. The number of fused-ring (bicyclic) bond motifs is 1. The van der Waals surface area contributed by atoms with Gasteiger partial charge in [-0.2, -0.15) is 0 Å². The van der Waals surface area contributed by atoms with Gasteiger partial charge in [-0.3, -0.25) is 9.59 Å². The number of aromatic nitrogens is 4. The van der Waals surface area contributed by atoms with E-state index in [1.54, 1.807) is 0 Å². The summed E-state index contributed by atoms with van der Waals surface area (Å²) in [5.41, 5.74) is 5.35. The van der Waals surface area contributed by atoms with Crippen molar-refractivity contribution in [1.29, 1.82) is 0 Å². The summed E-state index contributed by atoms with van der Waals surface area (Å²) in [4.78, 5) is 75.5. The van der Waals surface area contributed by atoms with Crippen LogP contribution in [0, 0.1) is 22.7 Å². The second kappa shape index (κ2) is 18.9. The Labute approximate surface area is 405 Å². The zero-order valence-corrected chi connectivity index (χ0v) is 41.7. The molecule has 2 aromatic carbocycles. The summed E-state index contributed by atoms with van der Waals surface area (Å²) >= 11 is 0. The number of carbonyl (C=O) groups is 4. The van der Waals surface area contributed by atoms with Crippen molar-refractivity contribution in [2.24, 2.45) is 22.7 Å². The van der Waals surface area contributed by atoms with Crippen molar-refractivity contribution in [3.8, 4) is 33.6 Å². The van der Waals surface area contributed by atoms with E-state index in [4.69, 9.17) is 28.9 Å². The SMILES string of the molecule is COC(=O)N[C@H](C(=O)N1[C@H](c2nc(-c3ccc(-c4ccc(-c5c[nH]c([C@@H]6C[C@@]7(C)C[C@H]7N6C(=O)[C@@H](NC(=O)OC)C6C[C@@H](C)O[C@H](C)C6)n5)cc4)cc3)c[nH]2)CC(C)(C)[C@H]1C)C1C[C@@H](C)O[C@H](C)C1. The van der Waals surface area contributed by atoms with Crippen LogP contribution in [0.3, 0.4) is 0 Å². The van der Waals surface area contributed by atoms with E-state index in [-0.39, 0.29) is 83.1 Å². The van der Waals surface area contributed by atoms with Gasteiger partial charge in [0.25, 0.3) is 0 Å². The molecule has 4 aromatic rings. The van der Waals surface area contributed by atoms with E-state index in [0.29, 0.717) is 37.9 Å². The highest BCUT2D eigenvalue weighted by atomic mass is 16.5. The number of amides is 4. The third-order valence-corrected chi connectivity index (χ3v) is 16.1. The van der Waals surface area contributed by atoms with Gasteiger partial charge in [-0.15, -0.1) is 0 Å². The Kier molecular flexibility index (Phi) is 13.2. The molecular weight excluding hydrogens is 877 g/mol. The smallest absolute Gasteiger partial charge is 0.407 e. The average molecular weight is 947 g/mol. The molecule has 6 heterocycles. The van der Waals surface area contributed by atoms with Crippen LogP contribution in [0.5, 0.6) is 0 Å². The maximum Gasteiger partial charge on any atom is 0.407 e. The molecule has 370 valence electrons. The molecule has 5 fully saturated rings. The molecule has 4 aliphatic heterocycles. The minimum atomic E-state index is -0.764. The summed E-state index contributed by atoms with van der Waals surface area (Å²) < 4.78 is 22.0. The number of rotatable bonds is 11. The van der Waals surface area contributed by atoms with Gasteiger partial charge in [-0.25, -0.2) is 19.6 Å². The molecule has 1 saturated carbocycles. The lowest BCUT2D eigenvalue weighted by Gasteiger charge is -2.40. The molecule has 4 N–H and O–H groups in total. The second-order valence-electron chi connectivity index (χ2n) is 21.7. The Hall–Kier alpha value is -5.74. The maximum absolute atomic E-state index is 14.7. The number of ether oxygens (including phenoxy) is 4. The quantitative estimate of drug-likeness (QED) is 0.113. The topological polar surface area (TPSA) is 193 Å². The fourth-order valence-electron chi connectivity index (χ4n) is 12.2. The number of hydrogen-bond donors (Lipinski definition) is 4. The summed E-state index contributed by atoms with van der Waals surface area (Å²) in [5.74, 6) is 1.03. The van der Waals surface area contributed by atoms with Crippen molar-refractivity contribution in [2.45, 2.75) is 161 Å². The number of imidazole rings is 2. The summed E-state index contributed by atoms with van der Waals surface area (Å²) in [7, 11) is 2.64. The molecule has 4 amide bonds. The molecule has 16 nitrogen and oxygen atoms in total. The molecule has 0 bridgehead atoms. The summed E-state index contributed by atoms with van der Waals surface area (Å²) in [5, 5.41) is 5.81. The first-order valence-electron chi connectivity index (χ1n) is 24.8. The van der Waals surface area contributed by atoms with Crippen molar-refractivity contribution in [1.82, 2.24) is 40.4 Å². The molecule has 0 unspecified atom stereocenters. The van der Waals surface area contributed by atoms with E-state index >= 15 is 0 Å². The highest BCUT2D eigenvalue weighted by Gasteiger charge is 2.64. The number of alkyl carbamates (subject to hydrolysis) is 2. The maximum atomic E-state index is 14.7. The van der Waals surface area contributed by atoms with Crippen LogP contribution in [-0.2, 0) is 28.5 Å². The van der Waals surface area contributed by atoms with Gasteiger partial charge in [0.05, 0.1) is 62.1 Å². The Morgan fingerprint density at radius 3 is 1.42 bits per heavy atom. The normalized spacial score (nSPS) is 31.3. The van der Waals surface area contributed by atoms with E-state index in [1.165, 1.54) is 14.2 Å². The number of benzene rings is 2. The fraction of sp³-hybridized carbons (Fsp3) is 0.585. The van der Waals surface area contributed by atoms with Crippen LogP contribution in [0.4, 0.5) is 9.59 Å². The van der Waals surface area contributed by atoms with Gasteiger partial charge >= 0.3 is 12.2 Å². The van der Waals surface area contributed by atoms with Crippen LogP contribution in [0.25, 0.3) is 33.6 Å². The number of methoxy groups -OCH3 is 2. The van der Waals surface area contributed by atoms with Gasteiger partial charge in [0.2, 0.25) is 11.8 Å². The third-order valence-electron chi connectivity index (χ3n) is 16.1. The monoisotopic (exact) mass is 947 g/mol. The minimum absolute atomic E-state index is 0.00200. The number of nitrogens with one attached hydrogen (secondary N) is 4. The Bertz CT molecular complexity index is 2500. The summed E-state index contributed by atoms with van der Waals surface area (Å²) in [6.07, 6.45) is 7.51. The molecule has 0 spiro atoms. The molecule has 9 rings (SSSR count). The molecule has 11 atom stereocenters. The van der Waals surface area contributed by atoms with Crippen molar-refractivity contribution < 1.29 is 38.1 Å². The first-order chi connectivity index (χ1) is 32.9. The van der Waals surface area contributed by atoms with Gasteiger partial charge in [0.15, 0.2) is 0 Å². The lowest BCUT2D eigenvalue weighted by molar-refractivity contribution is -0.141. The molecule has 2 aromatic heterocycles. The molecule has 1 aliphatic carbocycles. The van der Waals surface area contributed by atoms with Crippen molar-refractivity contribution >= 4 is 24.0 Å². The van der Waals surface area contributed by atoms with Crippen LogP contribution in [0.2, 0.25) is 0 Å². The van der Waals surface area contributed by atoms with Gasteiger partial charge < -0.3 is 49.3 Å². The van der Waals surface area contributed by atoms with Gasteiger partial charge in [0, 0.05) is 35.6 Å². The highest BCUT2D eigenvalue weighted by Crippen LogP contribution is 2.63. The Balaban J connectivity index is 0.889. The number of nitrogens with zero attached hydrogens (tertiary/aromatic N) is 4. The molecule has 69 heavy (non-hydrogen) atoms. The van der Waals surface area contributed by atoms with E-state index in [2.05, 4.69) is 96.8 Å². The Morgan fingerprint density at radius 1 is 0.609 bits per heavy atom.